The predicted molar refractivity (Wildman–Crippen MR) is 119 cm³/mol. The molecular weight excluding hydrogens is 486 g/mol. The van der Waals surface area contributed by atoms with Crippen molar-refractivity contribution in [2.24, 2.45) is 0 Å². The van der Waals surface area contributed by atoms with Crippen LogP contribution < -0.4 is 10.1 Å². The average molecular weight is 512 g/mol. The lowest BCUT2D eigenvalue weighted by Gasteiger charge is -2.28. The molecule has 2 rings (SSSR count). The van der Waals surface area contributed by atoms with Crippen LogP contribution in [0.15, 0.2) is 48.5 Å². The van der Waals surface area contributed by atoms with Gasteiger partial charge in [0.15, 0.2) is 6.61 Å². The fourth-order valence-electron chi connectivity index (χ4n) is 2.66. The highest BCUT2D eigenvalue weighted by molar-refractivity contribution is 14.1. The molecule has 0 bridgehead atoms. The number of nitrogens with zero attached hydrogens (tertiary/aromatic N) is 1. The van der Waals surface area contributed by atoms with Crippen molar-refractivity contribution in [3.05, 3.63) is 63.5 Å². The smallest absolute Gasteiger partial charge is 0.261 e. The molecule has 0 spiro atoms. The highest BCUT2D eigenvalue weighted by Crippen LogP contribution is 2.15. The van der Waals surface area contributed by atoms with Crippen LogP contribution in [0.2, 0.25) is 0 Å². The Kier molecular flexibility index (Phi) is 9.37. The molecule has 156 valence electrons. The molecule has 0 fully saturated rings. The molecule has 0 saturated heterocycles. The fraction of sp³-hybridized carbons (Fsp3) is 0.364. The molecule has 0 aromatic heterocycles. The summed E-state index contributed by atoms with van der Waals surface area (Å²) in [6.45, 7) is 4.30. The van der Waals surface area contributed by atoms with Gasteiger partial charge in [0.25, 0.3) is 5.91 Å². The van der Waals surface area contributed by atoms with Gasteiger partial charge in [-0.25, -0.2) is 4.39 Å². The molecule has 0 radical (unpaired) electrons. The number of unbranched alkanes of at least 4 members (excludes halogenated alkanes) is 1. The van der Waals surface area contributed by atoms with Crippen LogP contribution in [0.5, 0.6) is 5.75 Å². The minimum atomic E-state index is -0.676. The van der Waals surface area contributed by atoms with Crippen LogP contribution in [0.25, 0.3) is 0 Å². The minimum Gasteiger partial charge on any atom is -0.484 e. The van der Waals surface area contributed by atoms with Crippen molar-refractivity contribution in [3.63, 3.8) is 0 Å². The monoisotopic (exact) mass is 512 g/mol. The van der Waals surface area contributed by atoms with Crippen molar-refractivity contribution in [1.82, 2.24) is 10.2 Å². The molecule has 0 aliphatic carbocycles. The van der Waals surface area contributed by atoms with Crippen molar-refractivity contribution < 1.29 is 18.7 Å². The summed E-state index contributed by atoms with van der Waals surface area (Å²) in [5.74, 6) is -0.297. The summed E-state index contributed by atoms with van der Waals surface area (Å²) in [6, 6.07) is 12.6. The lowest BCUT2D eigenvalue weighted by molar-refractivity contribution is -0.142. The zero-order valence-electron chi connectivity index (χ0n) is 16.7. The number of carbonyl (C=O) groups excluding carboxylic acids is 2. The Bertz CT molecular complexity index is 797. The van der Waals surface area contributed by atoms with E-state index in [4.69, 9.17) is 4.74 Å². The van der Waals surface area contributed by atoms with Crippen LogP contribution in [0.4, 0.5) is 4.39 Å². The van der Waals surface area contributed by atoms with Crippen LogP contribution in [0.1, 0.15) is 32.3 Å². The van der Waals surface area contributed by atoms with E-state index in [2.05, 4.69) is 27.9 Å². The lowest BCUT2D eigenvalue weighted by Crippen LogP contribution is -2.49. The molecule has 2 amide bonds. The van der Waals surface area contributed by atoms with Crippen LogP contribution in [-0.2, 0) is 16.1 Å². The molecular formula is C22H26FIN2O3. The van der Waals surface area contributed by atoms with Gasteiger partial charge in [0.1, 0.15) is 17.6 Å². The Balaban J connectivity index is 2.08. The average Bonchev–Trinajstić information content (AvgIpc) is 2.72. The highest BCUT2D eigenvalue weighted by atomic mass is 127. The maximum Gasteiger partial charge on any atom is 0.261 e. The van der Waals surface area contributed by atoms with Crippen LogP contribution in [-0.4, -0.2) is 35.9 Å². The van der Waals surface area contributed by atoms with E-state index in [9.17, 15) is 14.0 Å². The molecule has 1 atom stereocenters. The Morgan fingerprint density at radius 2 is 1.79 bits per heavy atom. The third-order valence-corrected chi connectivity index (χ3v) is 5.16. The summed E-state index contributed by atoms with van der Waals surface area (Å²) >= 11 is 2.19. The predicted octanol–water partition coefficient (Wildman–Crippen LogP) is 4.14. The summed E-state index contributed by atoms with van der Waals surface area (Å²) in [4.78, 5) is 26.8. The van der Waals surface area contributed by atoms with E-state index in [1.165, 1.54) is 17.0 Å². The number of nitrogens with one attached hydrogen (secondary N) is 1. The molecule has 0 saturated carbocycles. The molecule has 2 aromatic carbocycles. The summed E-state index contributed by atoms with van der Waals surface area (Å²) in [5.41, 5.74) is 0.738. The largest absolute Gasteiger partial charge is 0.484 e. The molecule has 1 N–H and O–H groups in total. The Morgan fingerprint density at radius 1 is 1.14 bits per heavy atom. The summed E-state index contributed by atoms with van der Waals surface area (Å²) in [6.07, 6.45) is 1.84. The van der Waals surface area contributed by atoms with Gasteiger partial charge in [0, 0.05) is 16.7 Å². The van der Waals surface area contributed by atoms with E-state index < -0.39 is 6.04 Å². The topological polar surface area (TPSA) is 58.6 Å². The molecule has 0 aliphatic heterocycles. The first-order chi connectivity index (χ1) is 13.9. The number of carbonyl (C=O) groups is 2. The molecule has 29 heavy (non-hydrogen) atoms. The second-order valence-electron chi connectivity index (χ2n) is 6.71. The molecule has 7 heteroatoms. The Morgan fingerprint density at radius 3 is 2.41 bits per heavy atom. The van der Waals surface area contributed by atoms with E-state index in [1.807, 2.05) is 19.1 Å². The fourth-order valence-corrected chi connectivity index (χ4v) is 3.02. The summed E-state index contributed by atoms with van der Waals surface area (Å²) in [5, 5.41) is 2.86. The molecule has 0 heterocycles. The second-order valence-corrected chi connectivity index (χ2v) is 7.96. The first kappa shape index (κ1) is 23.1. The number of hydrogen-bond donors (Lipinski definition) is 1. The first-order valence-electron chi connectivity index (χ1n) is 9.60. The zero-order chi connectivity index (χ0) is 21.2. The first-order valence-corrected chi connectivity index (χ1v) is 10.7. The van der Waals surface area contributed by atoms with Gasteiger partial charge in [0.2, 0.25) is 5.91 Å². The van der Waals surface area contributed by atoms with Crippen LogP contribution in [0.3, 0.4) is 0 Å². The Labute approximate surface area is 184 Å². The third kappa shape index (κ3) is 7.64. The molecule has 2 aromatic rings. The van der Waals surface area contributed by atoms with E-state index in [1.54, 1.807) is 31.2 Å². The van der Waals surface area contributed by atoms with Crippen molar-refractivity contribution in [3.8, 4) is 5.75 Å². The molecule has 0 aliphatic rings. The quantitative estimate of drug-likeness (QED) is 0.385. The number of benzene rings is 2. The third-order valence-electron chi connectivity index (χ3n) is 4.44. The number of halogens is 2. The van der Waals surface area contributed by atoms with Gasteiger partial charge in [-0.15, -0.1) is 0 Å². The SMILES string of the molecule is CCCCNC(=O)C(C)N(Cc1ccc(F)cc1)C(=O)COc1ccc(I)cc1. The van der Waals surface area contributed by atoms with Gasteiger partial charge >= 0.3 is 0 Å². The number of amides is 2. The van der Waals surface area contributed by atoms with E-state index in [0.717, 1.165) is 22.0 Å². The zero-order valence-corrected chi connectivity index (χ0v) is 18.8. The Hall–Kier alpha value is -2.16. The molecule has 1 unspecified atom stereocenters. The number of ether oxygens (including phenoxy) is 1. The number of rotatable bonds is 10. The summed E-state index contributed by atoms with van der Waals surface area (Å²) in [7, 11) is 0. The molecule has 5 nitrogen and oxygen atoms in total. The van der Waals surface area contributed by atoms with Gasteiger partial charge < -0.3 is 15.0 Å². The highest BCUT2D eigenvalue weighted by Gasteiger charge is 2.26. The maximum absolute atomic E-state index is 13.2. The maximum atomic E-state index is 13.2. The van der Waals surface area contributed by atoms with Gasteiger partial charge in [-0.2, -0.15) is 0 Å². The lowest BCUT2D eigenvalue weighted by atomic mass is 10.1. The van der Waals surface area contributed by atoms with Crippen molar-refractivity contribution in [2.75, 3.05) is 13.2 Å². The standard InChI is InChI=1S/C22H26FIN2O3/c1-3-4-13-25-22(28)16(2)26(14-17-5-7-18(23)8-6-17)21(27)15-29-20-11-9-19(24)10-12-20/h5-12,16H,3-4,13-15H2,1-2H3,(H,25,28). The van der Waals surface area contributed by atoms with Gasteiger partial charge in [-0.1, -0.05) is 25.5 Å². The van der Waals surface area contributed by atoms with E-state index >= 15 is 0 Å². The van der Waals surface area contributed by atoms with E-state index in [-0.39, 0.29) is 30.8 Å². The van der Waals surface area contributed by atoms with Crippen LogP contribution in [0, 0.1) is 9.39 Å². The second kappa shape index (κ2) is 11.7. The van der Waals surface area contributed by atoms with Gasteiger partial charge in [0.05, 0.1) is 0 Å². The number of hydrogen-bond acceptors (Lipinski definition) is 3. The van der Waals surface area contributed by atoms with Crippen molar-refractivity contribution in [2.45, 2.75) is 39.3 Å². The van der Waals surface area contributed by atoms with Crippen LogP contribution >= 0.6 is 22.6 Å². The van der Waals surface area contributed by atoms with Crippen molar-refractivity contribution in [1.29, 1.82) is 0 Å². The van der Waals surface area contributed by atoms with E-state index in [0.29, 0.717) is 12.3 Å². The summed E-state index contributed by atoms with van der Waals surface area (Å²) < 4.78 is 19.9. The normalized spacial score (nSPS) is 11.6. The van der Waals surface area contributed by atoms with Crippen molar-refractivity contribution >= 4 is 34.4 Å². The van der Waals surface area contributed by atoms with Gasteiger partial charge in [-0.3, -0.25) is 9.59 Å². The minimum absolute atomic E-state index is 0.186. The van der Waals surface area contributed by atoms with Gasteiger partial charge in [-0.05, 0) is 77.9 Å².